The van der Waals surface area contributed by atoms with Crippen molar-refractivity contribution in [3.8, 4) is 5.69 Å². The number of rotatable bonds is 5. The highest BCUT2D eigenvalue weighted by molar-refractivity contribution is 5.79. The Labute approximate surface area is 151 Å². The van der Waals surface area contributed by atoms with E-state index in [2.05, 4.69) is 15.4 Å². The summed E-state index contributed by atoms with van der Waals surface area (Å²) >= 11 is 0. The summed E-state index contributed by atoms with van der Waals surface area (Å²) in [6.07, 6.45) is 3.66. The molecule has 0 spiro atoms. The van der Waals surface area contributed by atoms with E-state index < -0.39 is 0 Å². The fraction of sp³-hybridized carbons (Fsp3) is 0.250. The van der Waals surface area contributed by atoms with Crippen LogP contribution in [0.1, 0.15) is 35.5 Å². The number of nitrogens with one attached hydrogen (secondary N) is 1. The zero-order valence-corrected chi connectivity index (χ0v) is 15.0. The van der Waals surface area contributed by atoms with Gasteiger partial charge in [-0.1, -0.05) is 0 Å². The molecule has 3 rings (SSSR count). The van der Waals surface area contributed by atoms with Gasteiger partial charge in [0.15, 0.2) is 0 Å². The van der Waals surface area contributed by atoms with E-state index in [1.54, 1.807) is 29.2 Å². The molecular formula is C20H21FN4O. The molecule has 3 aromatic rings. The van der Waals surface area contributed by atoms with Crippen LogP contribution in [0.3, 0.4) is 0 Å². The number of carbonyl (C=O) groups is 1. The van der Waals surface area contributed by atoms with Gasteiger partial charge >= 0.3 is 0 Å². The molecule has 0 aliphatic rings. The predicted octanol–water partition coefficient (Wildman–Crippen LogP) is 3.44. The minimum absolute atomic E-state index is 0.0702. The number of pyridine rings is 1. The minimum Gasteiger partial charge on any atom is -0.349 e. The van der Waals surface area contributed by atoms with Crippen LogP contribution in [0.4, 0.5) is 4.39 Å². The zero-order chi connectivity index (χ0) is 18.7. The second-order valence-electron chi connectivity index (χ2n) is 6.28. The van der Waals surface area contributed by atoms with Crippen molar-refractivity contribution in [2.24, 2.45) is 0 Å². The molecule has 0 fully saturated rings. The van der Waals surface area contributed by atoms with Gasteiger partial charge in [-0.3, -0.25) is 9.78 Å². The Morgan fingerprint density at radius 2 is 1.81 bits per heavy atom. The summed E-state index contributed by atoms with van der Waals surface area (Å²) in [4.78, 5) is 16.5. The molecule has 0 aliphatic carbocycles. The van der Waals surface area contributed by atoms with Crippen LogP contribution in [-0.4, -0.2) is 20.7 Å². The minimum atomic E-state index is -0.292. The molecule has 2 heterocycles. The van der Waals surface area contributed by atoms with Gasteiger partial charge in [0.25, 0.3) is 0 Å². The predicted molar refractivity (Wildman–Crippen MR) is 97.5 cm³/mol. The molecule has 0 unspecified atom stereocenters. The summed E-state index contributed by atoms with van der Waals surface area (Å²) in [5.74, 6) is -0.362. The number of aryl methyl sites for hydroxylation is 1. The van der Waals surface area contributed by atoms with Crippen molar-refractivity contribution in [1.29, 1.82) is 0 Å². The van der Waals surface area contributed by atoms with E-state index >= 15 is 0 Å². The van der Waals surface area contributed by atoms with Gasteiger partial charge in [-0.25, -0.2) is 9.07 Å². The second kappa shape index (κ2) is 7.47. The van der Waals surface area contributed by atoms with E-state index in [-0.39, 0.29) is 24.2 Å². The molecule has 0 saturated carbocycles. The average Bonchev–Trinajstić information content (AvgIpc) is 2.91. The molecule has 0 bridgehead atoms. The van der Waals surface area contributed by atoms with Crippen LogP contribution in [0.2, 0.25) is 0 Å². The van der Waals surface area contributed by atoms with Crippen LogP contribution in [0.15, 0.2) is 48.8 Å². The number of carbonyl (C=O) groups excluding carboxylic acids is 1. The normalized spacial score (nSPS) is 12.0. The summed E-state index contributed by atoms with van der Waals surface area (Å²) in [6.45, 7) is 5.73. The van der Waals surface area contributed by atoms with Crippen molar-refractivity contribution in [2.45, 2.75) is 33.2 Å². The lowest BCUT2D eigenvalue weighted by Crippen LogP contribution is -2.28. The largest absolute Gasteiger partial charge is 0.349 e. The van der Waals surface area contributed by atoms with Crippen molar-refractivity contribution in [3.05, 3.63) is 77.1 Å². The average molecular weight is 352 g/mol. The van der Waals surface area contributed by atoms with Gasteiger partial charge < -0.3 is 5.32 Å². The summed E-state index contributed by atoms with van der Waals surface area (Å²) in [7, 11) is 0. The smallest absolute Gasteiger partial charge is 0.225 e. The van der Waals surface area contributed by atoms with E-state index in [0.717, 1.165) is 28.2 Å². The maximum atomic E-state index is 13.1. The van der Waals surface area contributed by atoms with E-state index in [1.807, 2.05) is 32.9 Å². The SMILES string of the molecule is Cc1nn(-c2ccc(F)cc2)c(C)c1CC(=O)N[C@@H](C)c1ccncc1. The first-order valence-corrected chi connectivity index (χ1v) is 8.46. The first-order chi connectivity index (χ1) is 12.5. The molecule has 0 aliphatic heterocycles. The Balaban J connectivity index is 1.75. The van der Waals surface area contributed by atoms with Gasteiger partial charge in [-0.2, -0.15) is 5.10 Å². The van der Waals surface area contributed by atoms with E-state index in [0.29, 0.717) is 0 Å². The quantitative estimate of drug-likeness (QED) is 0.765. The maximum Gasteiger partial charge on any atom is 0.225 e. The number of benzene rings is 1. The van der Waals surface area contributed by atoms with Gasteiger partial charge in [-0.15, -0.1) is 0 Å². The number of amides is 1. The molecule has 0 saturated heterocycles. The topological polar surface area (TPSA) is 59.8 Å². The summed E-state index contributed by atoms with van der Waals surface area (Å²) in [5, 5.41) is 7.51. The highest BCUT2D eigenvalue weighted by Gasteiger charge is 2.17. The van der Waals surface area contributed by atoms with Crippen LogP contribution in [-0.2, 0) is 11.2 Å². The Morgan fingerprint density at radius 1 is 1.15 bits per heavy atom. The molecule has 26 heavy (non-hydrogen) atoms. The van der Waals surface area contributed by atoms with Crippen LogP contribution >= 0.6 is 0 Å². The monoisotopic (exact) mass is 352 g/mol. The highest BCUT2D eigenvalue weighted by Crippen LogP contribution is 2.19. The maximum absolute atomic E-state index is 13.1. The summed E-state index contributed by atoms with van der Waals surface area (Å²) < 4.78 is 14.9. The third-order valence-electron chi connectivity index (χ3n) is 4.43. The van der Waals surface area contributed by atoms with E-state index in [1.165, 1.54) is 12.1 Å². The lowest BCUT2D eigenvalue weighted by molar-refractivity contribution is -0.121. The number of nitrogens with zero attached hydrogens (tertiary/aromatic N) is 3. The van der Waals surface area contributed by atoms with Gasteiger partial charge in [0.05, 0.1) is 23.8 Å². The first-order valence-electron chi connectivity index (χ1n) is 8.46. The molecule has 5 nitrogen and oxygen atoms in total. The third-order valence-corrected chi connectivity index (χ3v) is 4.43. The van der Waals surface area contributed by atoms with Crippen LogP contribution in [0.25, 0.3) is 5.69 Å². The second-order valence-corrected chi connectivity index (χ2v) is 6.28. The van der Waals surface area contributed by atoms with Crippen molar-refractivity contribution >= 4 is 5.91 Å². The Bertz CT molecular complexity index is 904. The molecule has 6 heteroatoms. The Kier molecular flexibility index (Phi) is 5.11. The van der Waals surface area contributed by atoms with Crippen molar-refractivity contribution < 1.29 is 9.18 Å². The van der Waals surface area contributed by atoms with Gasteiger partial charge in [0.1, 0.15) is 5.82 Å². The summed E-state index contributed by atoms with van der Waals surface area (Å²) in [5.41, 5.74) is 4.32. The van der Waals surface area contributed by atoms with Gasteiger partial charge in [0, 0.05) is 23.7 Å². The zero-order valence-electron chi connectivity index (χ0n) is 15.0. The highest BCUT2D eigenvalue weighted by atomic mass is 19.1. The number of halogens is 1. The standard InChI is InChI=1S/C20H21FN4O/c1-13(16-8-10-22-11-9-16)23-20(26)12-19-14(2)24-25(15(19)3)18-6-4-17(21)5-7-18/h4-11,13H,12H2,1-3H3,(H,23,26)/t13-/m0/s1. The number of aromatic nitrogens is 3. The molecule has 1 amide bonds. The molecule has 2 aromatic heterocycles. The number of hydrogen-bond donors (Lipinski definition) is 1. The van der Waals surface area contributed by atoms with Gasteiger partial charge in [-0.05, 0) is 62.7 Å². The first kappa shape index (κ1) is 17.8. The van der Waals surface area contributed by atoms with Crippen LogP contribution in [0.5, 0.6) is 0 Å². The number of hydrogen-bond acceptors (Lipinski definition) is 3. The molecule has 134 valence electrons. The van der Waals surface area contributed by atoms with Crippen molar-refractivity contribution in [2.75, 3.05) is 0 Å². The molecule has 0 radical (unpaired) electrons. The molecule has 1 atom stereocenters. The summed E-state index contributed by atoms with van der Waals surface area (Å²) in [6, 6.07) is 9.80. The lowest BCUT2D eigenvalue weighted by atomic mass is 10.1. The molecule has 1 N–H and O–H groups in total. The molecular weight excluding hydrogens is 331 g/mol. The van der Waals surface area contributed by atoms with Crippen LogP contribution in [0, 0.1) is 19.7 Å². The van der Waals surface area contributed by atoms with Gasteiger partial charge in [0.2, 0.25) is 5.91 Å². The Morgan fingerprint density at radius 3 is 2.46 bits per heavy atom. The van der Waals surface area contributed by atoms with Crippen LogP contribution < -0.4 is 5.32 Å². The van der Waals surface area contributed by atoms with Crippen molar-refractivity contribution in [1.82, 2.24) is 20.1 Å². The lowest BCUT2D eigenvalue weighted by Gasteiger charge is -2.14. The van der Waals surface area contributed by atoms with E-state index in [9.17, 15) is 9.18 Å². The fourth-order valence-corrected chi connectivity index (χ4v) is 2.95. The fourth-order valence-electron chi connectivity index (χ4n) is 2.95. The van der Waals surface area contributed by atoms with Crippen molar-refractivity contribution in [3.63, 3.8) is 0 Å². The third kappa shape index (κ3) is 3.79. The van der Waals surface area contributed by atoms with E-state index in [4.69, 9.17) is 0 Å². The molecule has 1 aromatic carbocycles. The Hall–Kier alpha value is -3.02.